The predicted molar refractivity (Wildman–Crippen MR) is 69.3 cm³/mol. The minimum Gasteiger partial charge on any atom is -0.391 e. The van der Waals surface area contributed by atoms with Gasteiger partial charge in [0.1, 0.15) is 0 Å². The fourth-order valence-electron chi connectivity index (χ4n) is 2.09. The third-order valence-corrected chi connectivity index (χ3v) is 3.28. The Morgan fingerprint density at radius 2 is 1.27 bits per heavy atom. The predicted octanol–water partition coefficient (Wildman–Crippen LogP) is 2.99. The maximum atomic E-state index is 13.6. The molecule has 0 bridgehead atoms. The Morgan fingerprint density at radius 1 is 0.818 bits per heavy atom. The van der Waals surface area contributed by atoms with Crippen molar-refractivity contribution in [3.8, 4) is 0 Å². The average Bonchev–Trinajstić information content (AvgIpc) is 2.52. The van der Waals surface area contributed by atoms with Crippen molar-refractivity contribution in [3.63, 3.8) is 0 Å². The van der Waals surface area contributed by atoms with Crippen LogP contribution in [0.5, 0.6) is 0 Å². The topological polar surface area (TPSA) is 46.2 Å². The molecule has 0 amide bonds. The molecule has 0 aliphatic carbocycles. The fraction of sp³-hybridized carbons (Fsp3) is 0.200. The quantitative estimate of drug-likeness (QED) is 0.517. The summed E-state index contributed by atoms with van der Waals surface area (Å²) in [7, 11) is 0. The van der Waals surface area contributed by atoms with Gasteiger partial charge in [0, 0.05) is 12.0 Å². The van der Waals surface area contributed by atoms with Gasteiger partial charge in [0.25, 0.3) is 0 Å². The third-order valence-electron chi connectivity index (χ3n) is 3.28. The van der Waals surface area contributed by atoms with Gasteiger partial charge in [-0.05, 0) is 5.56 Å². The lowest BCUT2D eigenvalue weighted by Crippen LogP contribution is -2.31. The smallest absolute Gasteiger partial charge is 0.200 e. The Morgan fingerprint density at radius 3 is 1.77 bits per heavy atom. The number of halogens is 5. The molecule has 0 spiro atoms. The van der Waals surface area contributed by atoms with Crippen molar-refractivity contribution in [2.45, 2.75) is 18.6 Å². The highest BCUT2D eigenvalue weighted by Gasteiger charge is 2.31. The van der Waals surface area contributed by atoms with E-state index in [-0.39, 0.29) is 6.42 Å². The van der Waals surface area contributed by atoms with E-state index in [4.69, 9.17) is 5.73 Å². The van der Waals surface area contributed by atoms with Crippen molar-refractivity contribution in [2.24, 2.45) is 5.73 Å². The Hall–Kier alpha value is -1.99. The molecule has 0 heterocycles. The first-order valence-electron chi connectivity index (χ1n) is 6.33. The Kier molecular flexibility index (Phi) is 4.77. The van der Waals surface area contributed by atoms with Gasteiger partial charge in [-0.15, -0.1) is 0 Å². The van der Waals surface area contributed by atoms with Gasteiger partial charge >= 0.3 is 0 Å². The summed E-state index contributed by atoms with van der Waals surface area (Å²) in [6, 6.07) is 6.57. The van der Waals surface area contributed by atoms with Crippen molar-refractivity contribution in [3.05, 3.63) is 70.5 Å². The van der Waals surface area contributed by atoms with E-state index < -0.39 is 46.8 Å². The van der Waals surface area contributed by atoms with Gasteiger partial charge in [0.15, 0.2) is 23.3 Å². The second-order valence-electron chi connectivity index (χ2n) is 4.77. The molecular weight excluding hydrogens is 305 g/mol. The molecule has 0 unspecified atom stereocenters. The fourth-order valence-corrected chi connectivity index (χ4v) is 2.09. The van der Waals surface area contributed by atoms with Gasteiger partial charge in [-0.1, -0.05) is 30.3 Å². The second kappa shape index (κ2) is 6.41. The minimum absolute atomic E-state index is 0.0957. The first kappa shape index (κ1) is 16.4. The summed E-state index contributed by atoms with van der Waals surface area (Å²) in [6.07, 6.45) is -1.61. The molecule has 0 saturated heterocycles. The summed E-state index contributed by atoms with van der Waals surface area (Å²) in [5.41, 5.74) is 4.87. The molecule has 7 heteroatoms. The number of rotatable bonds is 4. The number of aliphatic hydroxyl groups is 1. The minimum atomic E-state index is -2.26. The van der Waals surface area contributed by atoms with E-state index in [1.807, 2.05) is 0 Å². The van der Waals surface area contributed by atoms with Gasteiger partial charge in [-0.3, -0.25) is 0 Å². The lowest BCUT2D eigenvalue weighted by atomic mass is 9.95. The second-order valence-corrected chi connectivity index (χ2v) is 4.77. The maximum Gasteiger partial charge on any atom is 0.200 e. The molecule has 0 aliphatic heterocycles. The number of benzene rings is 2. The van der Waals surface area contributed by atoms with Crippen LogP contribution in [0.3, 0.4) is 0 Å². The van der Waals surface area contributed by atoms with E-state index in [0.717, 1.165) is 0 Å². The van der Waals surface area contributed by atoms with Crippen LogP contribution in [-0.4, -0.2) is 11.2 Å². The van der Waals surface area contributed by atoms with Crippen molar-refractivity contribution < 1.29 is 27.1 Å². The molecule has 118 valence electrons. The standard InChI is InChI=1S/C15H12F5NO/c16-10-9(11(17)13(19)14(20)12(10)18)15(21)8(22)6-7-4-2-1-3-5-7/h1-5,8,15,22H,6,21H2/t8-,15-/m1/s1. The van der Waals surface area contributed by atoms with E-state index in [0.29, 0.717) is 5.56 Å². The zero-order chi connectivity index (χ0) is 16.4. The molecule has 3 N–H and O–H groups in total. The van der Waals surface area contributed by atoms with Crippen molar-refractivity contribution in [1.82, 2.24) is 0 Å². The Labute approximate surface area is 123 Å². The van der Waals surface area contributed by atoms with Crippen molar-refractivity contribution in [1.29, 1.82) is 0 Å². The summed E-state index contributed by atoms with van der Waals surface area (Å²) >= 11 is 0. The van der Waals surface area contributed by atoms with Gasteiger partial charge in [-0.2, -0.15) is 0 Å². The SMILES string of the molecule is N[C@@H](c1c(F)c(F)c(F)c(F)c1F)[C@H](O)Cc1ccccc1. The van der Waals surface area contributed by atoms with E-state index in [9.17, 15) is 27.1 Å². The molecule has 2 aromatic rings. The summed E-state index contributed by atoms with van der Waals surface area (Å²) in [4.78, 5) is 0. The summed E-state index contributed by atoms with van der Waals surface area (Å²) in [5.74, 6) is -10.5. The van der Waals surface area contributed by atoms with Crippen LogP contribution in [0.2, 0.25) is 0 Å². The first-order chi connectivity index (χ1) is 10.3. The summed E-state index contributed by atoms with van der Waals surface area (Å²) < 4.78 is 66.6. The van der Waals surface area contributed by atoms with E-state index in [2.05, 4.69) is 0 Å². The third kappa shape index (κ3) is 2.95. The van der Waals surface area contributed by atoms with E-state index in [1.165, 1.54) is 0 Å². The molecule has 0 aliphatic rings. The van der Waals surface area contributed by atoms with Gasteiger partial charge in [0.05, 0.1) is 12.1 Å². The molecule has 2 atom stereocenters. The monoisotopic (exact) mass is 317 g/mol. The molecule has 0 saturated carbocycles. The molecule has 0 radical (unpaired) electrons. The van der Waals surface area contributed by atoms with Crippen molar-refractivity contribution in [2.75, 3.05) is 0 Å². The lowest BCUT2D eigenvalue weighted by Gasteiger charge is -2.21. The number of nitrogens with two attached hydrogens (primary N) is 1. The van der Waals surface area contributed by atoms with Crippen LogP contribution in [0.25, 0.3) is 0 Å². The van der Waals surface area contributed by atoms with E-state index >= 15 is 0 Å². The molecule has 2 rings (SSSR count). The zero-order valence-corrected chi connectivity index (χ0v) is 11.2. The summed E-state index contributed by atoms with van der Waals surface area (Å²) in [6.45, 7) is 0. The Balaban J connectivity index is 2.35. The first-order valence-corrected chi connectivity index (χ1v) is 6.33. The molecule has 0 aromatic heterocycles. The van der Waals surface area contributed by atoms with Crippen LogP contribution in [0.15, 0.2) is 30.3 Å². The Bertz CT molecular complexity index is 648. The van der Waals surface area contributed by atoms with E-state index in [1.54, 1.807) is 30.3 Å². The van der Waals surface area contributed by atoms with Gasteiger partial charge in [0.2, 0.25) is 5.82 Å². The summed E-state index contributed by atoms with van der Waals surface area (Å²) in [5, 5.41) is 9.93. The lowest BCUT2D eigenvalue weighted by molar-refractivity contribution is 0.140. The van der Waals surface area contributed by atoms with Crippen LogP contribution in [0.4, 0.5) is 22.0 Å². The molecule has 2 nitrogen and oxygen atoms in total. The molecule has 22 heavy (non-hydrogen) atoms. The maximum absolute atomic E-state index is 13.6. The average molecular weight is 317 g/mol. The number of hydrogen-bond acceptors (Lipinski definition) is 2. The highest BCUT2D eigenvalue weighted by molar-refractivity contribution is 5.28. The van der Waals surface area contributed by atoms with Crippen LogP contribution >= 0.6 is 0 Å². The largest absolute Gasteiger partial charge is 0.391 e. The molecule has 2 aromatic carbocycles. The number of hydrogen-bond donors (Lipinski definition) is 2. The normalized spacial score (nSPS) is 14.0. The van der Waals surface area contributed by atoms with Crippen LogP contribution in [0, 0.1) is 29.1 Å². The van der Waals surface area contributed by atoms with Crippen LogP contribution < -0.4 is 5.73 Å². The highest BCUT2D eigenvalue weighted by Crippen LogP contribution is 2.29. The van der Waals surface area contributed by atoms with Crippen molar-refractivity contribution >= 4 is 0 Å². The van der Waals surface area contributed by atoms with Crippen LogP contribution in [-0.2, 0) is 6.42 Å². The van der Waals surface area contributed by atoms with Gasteiger partial charge in [-0.25, -0.2) is 22.0 Å². The molecular formula is C15H12F5NO. The van der Waals surface area contributed by atoms with Gasteiger partial charge < -0.3 is 10.8 Å². The molecule has 0 fully saturated rings. The van der Waals surface area contributed by atoms with Crippen LogP contribution in [0.1, 0.15) is 17.2 Å². The number of aliphatic hydroxyl groups excluding tert-OH is 1. The highest BCUT2D eigenvalue weighted by atomic mass is 19.2. The zero-order valence-electron chi connectivity index (χ0n) is 11.2.